The summed E-state index contributed by atoms with van der Waals surface area (Å²) in [6.07, 6.45) is 5.34. The van der Waals surface area contributed by atoms with Gasteiger partial charge in [0.15, 0.2) is 0 Å². The maximum atomic E-state index is 11.2. The molecule has 0 unspecified atom stereocenters. The van der Waals surface area contributed by atoms with Gasteiger partial charge in [0.05, 0.1) is 11.3 Å². The first-order chi connectivity index (χ1) is 8.74. The van der Waals surface area contributed by atoms with Gasteiger partial charge in [-0.25, -0.2) is 4.79 Å². The van der Waals surface area contributed by atoms with E-state index < -0.39 is 0 Å². The van der Waals surface area contributed by atoms with Gasteiger partial charge in [0, 0.05) is 21.4 Å². The lowest BCUT2D eigenvalue weighted by molar-refractivity contribution is -0.134. The highest BCUT2D eigenvalue weighted by atomic mass is 32.2. The van der Waals surface area contributed by atoms with Crippen LogP contribution in [0.4, 0.5) is 0 Å². The standard InChI is InChI=1S/C13H12O2S3/c1-15-12(14)6-5-11-9(8-13(16-2)18-11)10-4-3-7-17-10/h3-8H,1-2H3/b6-5+. The lowest BCUT2D eigenvalue weighted by Gasteiger charge is -1.95. The summed E-state index contributed by atoms with van der Waals surface area (Å²) in [7, 11) is 1.38. The van der Waals surface area contributed by atoms with E-state index in [1.54, 1.807) is 34.4 Å². The molecule has 2 heterocycles. The van der Waals surface area contributed by atoms with E-state index in [1.807, 2.05) is 12.1 Å². The predicted octanol–water partition coefficient (Wildman–Crippen LogP) is 4.38. The van der Waals surface area contributed by atoms with E-state index in [1.165, 1.54) is 27.8 Å². The maximum absolute atomic E-state index is 11.2. The number of hydrogen-bond donors (Lipinski definition) is 0. The summed E-state index contributed by atoms with van der Waals surface area (Å²) in [6.45, 7) is 0. The number of ether oxygens (including phenoxy) is 1. The molecule has 2 aromatic heterocycles. The second-order valence-corrected chi connectivity index (χ2v) is 6.52. The van der Waals surface area contributed by atoms with Crippen LogP contribution in [0.3, 0.4) is 0 Å². The summed E-state index contributed by atoms with van der Waals surface area (Å²) in [5.74, 6) is -0.328. The molecule has 0 saturated carbocycles. The van der Waals surface area contributed by atoms with Crippen LogP contribution >= 0.6 is 34.4 Å². The number of carbonyl (C=O) groups is 1. The van der Waals surface area contributed by atoms with Crippen molar-refractivity contribution >= 4 is 46.5 Å². The second kappa shape index (κ2) is 6.22. The van der Waals surface area contributed by atoms with Gasteiger partial charge in [-0.1, -0.05) is 6.07 Å². The van der Waals surface area contributed by atoms with Crippen molar-refractivity contribution in [3.8, 4) is 10.4 Å². The Morgan fingerprint density at radius 1 is 1.50 bits per heavy atom. The van der Waals surface area contributed by atoms with Crippen molar-refractivity contribution in [2.24, 2.45) is 0 Å². The molecule has 0 aliphatic carbocycles. The van der Waals surface area contributed by atoms with Gasteiger partial charge in [-0.2, -0.15) is 0 Å². The van der Waals surface area contributed by atoms with Crippen molar-refractivity contribution in [1.29, 1.82) is 0 Å². The summed E-state index contributed by atoms with van der Waals surface area (Å²) in [5.41, 5.74) is 1.18. The maximum Gasteiger partial charge on any atom is 0.330 e. The van der Waals surface area contributed by atoms with Crippen LogP contribution < -0.4 is 0 Å². The van der Waals surface area contributed by atoms with Gasteiger partial charge in [0.25, 0.3) is 0 Å². The average Bonchev–Trinajstić information content (AvgIpc) is 3.03. The van der Waals surface area contributed by atoms with E-state index in [9.17, 15) is 4.79 Å². The van der Waals surface area contributed by atoms with Crippen molar-refractivity contribution in [3.05, 3.63) is 34.5 Å². The smallest absolute Gasteiger partial charge is 0.330 e. The molecule has 0 atom stereocenters. The molecule has 0 radical (unpaired) electrons. The third kappa shape index (κ3) is 3.04. The number of esters is 1. The summed E-state index contributed by atoms with van der Waals surface area (Å²) < 4.78 is 5.85. The lowest BCUT2D eigenvalue weighted by Crippen LogP contribution is -1.92. The highest BCUT2D eigenvalue weighted by molar-refractivity contribution is 8.00. The van der Waals surface area contributed by atoms with Crippen LogP contribution in [0.25, 0.3) is 16.5 Å². The van der Waals surface area contributed by atoms with E-state index in [-0.39, 0.29) is 5.97 Å². The van der Waals surface area contributed by atoms with E-state index in [4.69, 9.17) is 0 Å². The first-order valence-corrected chi connectivity index (χ1v) is 8.14. The number of thioether (sulfide) groups is 1. The molecule has 94 valence electrons. The van der Waals surface area contributed by atoms with Gasteiger partial charge in [-0.15, -0.1) is 34.4 Å². The Morgan fingerprint density at radius 2 is 2.33 bits per heavy atom. The van der Waals surface area contributed by atoms with Crippen LogP contribution in [-0.2, 0) is 9.53 Å². The van der Waals surface area contributed by atoms with Gasteiger partial charge in [-0.3, -0.25) is 0 Å². The molecule has 2 nitrogen and oxygen atoms in total. The topological polar surface area (TPSA) is 26.3 Å². The van der Waals surface area contributed by atoms with Crippen molar-refractivity contribution in [2.75, 3.05) is 13.4 Å². The molecular weight excluding hydrogens is 284 g/mol. The Bertz CT molecular complexity index is 553. The summed E-state index contributed by atoms with van der Waals surface area (Å²) >= 11 is 5.10. The van der Waals surface area contributed by atoms with Gasteiger partial charge in [-0.05, 0) is 29.8 Å². The van der Waals surface area contributed by atoms with Gasteiger partial charge >= 0.3 is 5.97 Å². The molecule has 2 rings (SSSR count). The quantitative estimate of drug-likeness (QED) is 0.475. The van der Waals surface area contributed by atoms with Gasteiger partial charge < -0.3 is 4.74 Å². The highest BCUT2D eigenvalue weighted by Crippen LogP contribution is 2.38. The Balaban J connectivity index is 2.37. The van der Waals surface area contributed by atoms with Crippen LogP contribution in [0.1, 0.15) is 4.88 Å². The fourth-order valence-electron chi connectivity index (χ4n) is 1.44. The largest absolute Gasteiger partial charge is 0.466 e. The number of rotatable bonds is 4. The average molecular weight is 296 g/mol. The monoisotopic (exact) mass is 296 g/mol. The molecule has 0 amide bonds. The van der Waals surface area contributed by atoms with E-state index in [2.05, 4.69) is 28.5 Å². The number of carbonyl (C=O) groups excluding carboxylic acids is 1. The van der Waals surface area contributed by atoms with E-state index in [0.717, 1.165) is 4.88 Å². The molecule has 0 N–H and O–H groups in total. The minimum absolute atomic E-state index is 0.328. The summed E-state index contributed by atoms with van der Waals surface area (Å²) in [5, 5.41) is 2.06. The van der Waals surface area contributed by atoms with Crippen LogP contribution in [0, 0.1) is 0 Å². The zero-order valence-corrected chi connectivity index (χ0v) is 12.5. The predicted molar refractivity (Wildman–Crippen MR) is 80.5 cm³/mol. The SMILES string of the molecule is COC(=O)/C=C/c1sc(SC)cc1-c1cccs1. The van der Waals surface area contributed by atoms with Crippen molar-refractivity contribution in [1.82, 2.24) is 0 Å². The molecule has 5 heteroatoms. The first kappa shape index (κ1) is 13.4. The second-order valence-electron chi connectivity index (χ2n) is 3.38. The Labute approximate surface area is 118 Å². The van der Waals surface area contributed by atoms with Gasteiger partial charge in [0.2, 0.25) is 0 Å². The van der Waals surface area contributed by atoms with Crippen molar-refractivity contribution < 1.29 is 9.53 Å². The number of hydrogen-bond acceptors (Lipinski definition) is 5. The molecule has 0 saturated heterocycles. The fourth-order valence-corrected chi connectivity index (χ4v) is 3.91. The third-order valence-corrected chi connectivity index (χ3v) is 5.37. The molecule has 0 aromatic carbocycles. The minimum Gasteiger partial charge on any atom is -0.466 e. The van der Waals surface area contributed by atoms with Crippen LogP contribution in [0.15, 0.2) is 33.9 Å². The van der Waals surface area contributed by atoms with E-state index >= 15 is 0 Å². The molecule has 0 aliphatic heterocycles. The van der Waals surface area contributed by atoms with Crippen molar-refractivity contribution in [3.63, 3.8) is 0 Å². The molecular formula is C13H12O2S3. The molecule has 0 aliphatic rings. The normalized spacial score (nSPS) is 11.0. The fraction of sp³-hybridized carbons (Fsp3) is 0.154. The zero-order chi connectivity index (χ0) is 13.0. The highest BCUT2D eigenvalue weighted by Gasteiger charge is 2.09. The third-order valence-electron chi connectivity index (χ3n) is 2.30. The Kier molecular flexibility index (Phi) is 4.63. The van der Waals surface area contributed by atoms with Crippen molar-refractivity contribution in [2.45, 2.75) is 4.21 Å². The molecule has 0 spiro atoms. The molecule has 18 heavy (non-hydrogen) atoms. The number of thiophene rings is 2. The minimum atomic E-state index is -0.328. The summed E-state index contributed by atoms with van der Waals surface area (Å²) in [4.78, 5) is 13.5. The zero-order valence-electron chi connectivity index (χ0n) is 10.0. The molecule has 0 fully saturated rings. The Hall–Kier alpha value is -1.04. The lowest BCUT2D eigenvalue weighted by atomic mass is 10.2. The summed E-state index contributed by atoms with van der Waals surface area (Å²) in [6, 6.07) is 6.29. The number of methoxy groups -OCH3 is 1. The van der Waals surface area contributed by atoms with Crippen LogP contribution in [0.5, 0.6) is 0 Å². The van der Waals surface area contributed by atoms with Gasteiger partial charge in [0.1, 0.15) is 0 Å². The first-order valence-electron chi connectivity index (χ1n) is 5.22. The Morgan fingerprint density at radius 3 is 2.94 bits per heavy atom. The van der Waals surface area contributed by atoms with E-state index in [0.29, 0.717) is 0 Å². The van der Waals surface area contributed by atoms with Crippen LogP contribution in [-0.4, -0.2) is 19.3 Å². The van der Waals surface area contributed by atoms with Crippen LogP contribution in [0.2, 0.25) is 0 Å². The molecule has 0 bridgehead atoms. The molecule has 2 aromatic rings.